The summed E-state index contributed by atoms with van der Waals surface area (Å²) in [5.74, 6) is -0.431. The van der Waals surface area contributed by atoms with Gasteiger partial charge in [0.25, 0.3) is 0 Å². The second-order valence-electron chi connectivity index (χ2n) is 5.46. The summed E-state index contributed by atoms with van der Waals surface area (Å²) in [4.78, 5) is 24.8. The Hall–Kier alpha value is -2.04. The molecule has 1 aliphatic heterocycles. The van der Waals surface area contributed by atoms with Crippen molar-refractivity contribution in [2.45, 2.75) is 26.7 Å². The van der Waals surface area contributed by atoms with Crippen molar-refractivity contribution in [3.8, 4) is 0 Å². The molecule has 0 atom stereocenters. The van der Waals surface area contributed by atoms with Crippen LogP contribution in [0.3, 0.4) is 0 Å². The van der Waals surface area contributed by atoms with Gasteiger partial charge in [0.2, 0.25) is 0 Å². The quantitative estimate of drug-likeness (QED) is 0.887. The Morgan fingerprint density at radius 1 is 1.40 bits per heavy atom. The lowest BCUT2D eigenvalue weighted by atomic mass is 10.1. The first kappa shape index (κ1) is 14.4. The summed E-state index contributed by atoms with van der Waals surface area (Å²) in [5, 5.41) is 11.9. The Morgan fingerprint density at radius 3 is 2.80 bits per heavy atom. The van der Waals surface area contributed by atoms with Crippen LogP contribution >= 0.6 is 0 Å². The lowest BCUT2D eigenvalue weighted by molar-refractivity contribution is 0.0697. The Bertz CT molecular complexity index is 526. The van der Waals surface area contributed by atoms with E-state index in [0.29, 0.717) is 24.7 Å². The molecule has 0 aliphatic carbocycles. The van der Waals surface area contributed by atoms with E-state index in [4.69, 9.17) is 5.11 Å². The van der Waals surface area contributed by atoms with Gasteiger partial charge in [-0.2, -0.15) is 0 Å². The molecule has 1 aromatic carbocycles. The fraction of sp³-hybridized carbons (Fsp3) is 0.467. The summed E-state index contributed by atoms with van der Waals surface area (Å²) in [5.41, 5.74) is 1.95. The van der Waals surface area contributed by atoms with Crippen LogP contribution in [0.15, 0.2) is 18.2 Å². The van der Waals surface area contributed by atoms with E-state index in [1.54, 1.807) is 23.1 Å². The van der Waals surface area contributed by atoms with Gasteiger partial charge >= 0.3 is 12.0 Å². The minimum Gasteiger partial charge on any atom is -0.478 e. The summed E-state index contributed by atoms with van der Waals surface area (Å²) >= 11 is 0. The predicted molar refractivity (Wildman–Crippen MR) is 77.3 cm³/mol. The van der Waals surface area contributed by atoms with Gasteiger partial charge in [0.05, 0.1) is 5.56 Å². The smallest absolute Gasteiger partial charge is 0.335 e. The number of carbonyl (C=O) groups is 2. The van der Waals surface area contributed by atoms with Crippen molar-refractivity contribution in [1.29, 1.82) is 0 Å². The third kappa shape index (κ3) is 3.10. The van der Waals surface area contributed by atoms with Gasteiger partial charge in [-0.1, -0.05) is 19.9 Å². The number of urea groups is 1. The summed E-state index contributed by atoms with van der Waals surface area (Å²) in [6.07, 6.45) is 1.70. The number of carbonyl (C=O) groups excluding carboxylic acids is 1. The van der Waals surface area contributed by atoms with Gasteiger partial charge in [-0.3, -0.25) is 4.90 Å². The number of anilines is 1. The van der Waals surface area contributed by atoms with Crippen molar-refractivity contribution >= 4 is 17.7 Å². The third-order valence-corrected chi connectivity index (χ3v) is 3.47. The molecule has 0 unspecified atom stereocenters. The number of benzene rings is 1. The minimum absolute atomic E-state index is 0.146. The Kier molecular flexibility index (Phi) is 4.27. The molecule has 0 saturated heterocycles. The molecule has 1 aromatic rings. The monoisotopic (exact) mass is 276 g/mol. The maximum absolute atomic E-state index is 12.1. The lowest BCUT2D eigenvalue weighted by Gasteiger charge is -2.18. The molecule has 0 aromatic heterocycles. The first-order chi connectivity index (χ1) is 9.49. The molecule has 0 bridgehead atoms. The van der Waals surface area contributed by atoms with Crippen LogP contribution in [0, 0.1) is 5.92 Å². The van der Waals surface area contributed by atoms with Crippen molar-refractivity contribution in [1.82, 2.24) is 5.32 Å². The lowest BCUT2D eigenvalue weighted by Crippen LogP contribution is -2.39. The number of hydrogen-bond donors (Lipinski definition) is 2. The minimum atomic E-state index is -0.972. The van der Waals surface area contributed by atoms with Gasteiger partial charge < -0.3 is 10.4 Å². The molecule has 2 rings (SSSR count). The Labute approximate surface area is 118 Å². The summed E-state index contributed by atoms with van der Waals surface area (Å²) in [6.45, 7) is 5.46. The summed E-state index contributed by atoms with van der Waals surface area (Å²) < 4.78 is 0. The van der Waals surface area contributed by atoms with E-state index in [0.717, 1.165) is 18.4 Å². The van der Waals surface area contributed by atoms with Crippen LogP contribution < -0.4 is 10.2 Å². The van der Waals surface area contributed by atoms with Crippen molar-refractivity contribution in [3.63, 3.8) is 0 Å². The highest BCUT2D eigenvalue weighted by Crippen LogP contribution is 2.29. The normalized spacial score (nSPS) is 13.4. The molecule has 0 saturated carbocycles. The van der Waals surface area contributed by atoms with Gasteiger partial charge in [-0.15, -0.1) is 0 Å². The fourth-order valence-electron chi connectivity index (χ4n) is 2.29. The predicted octanol–water partition coefficient (Wildman–Crippen LogP) is 2.50. The molecular formula is C15H20N2O3. The molecule has 2 amide bonds. The number of nitrogens with one attached hydrogen (secondary N) is 1. The van der Waals surface area contributed by atoms with Crippen molar-refractivity contribution < 1.29 is 14.7 Å². The largest absolute Gasteiger partial charge is 0.478 e. The topological polar surface area (TPSA) is 69.6 Å². The SMILES string of the molecule is CC(C)CCNC(=O)N1CCc2ccc(C(=O)O)cc21. The number of aromatic carboxylic acids is 1. The molecule has 0 fully saturated rings. The first-order valence-corrected chi connectivity index (χ1v) is 6.90. The van der Waals surface area contributed by atoms with E-state index in [9.17, 15) is 9.59 Å². The highest BCUT2D eigenvalue weighted by Gasteiger charge is 2.25. The third-order valence-electron chi connectivity index (χ3n) is 3.47. The van der Waals surface area contributed by atoms with E-state index in [-0.39, 0.29) is 11.6 Å². The van der Waals surface area contributed by atoms with Gasteiger partial charge in [-0.05, 0) is 36.5 Å². The maximum Gasteiger partial charge on any atom is 0.335 e. The van der Waals surface area contributed by atoms with Gasteiger partial charge in [-0.25, -0.2) is 9.59 Å². The van der Waals surface area contributed by atoms with E-state index >= 15 is 0 Å². The number of amides is 2. The van der Waals surface area contributed by atoms with Gasteiger partial charge in [0, 0.05) is 18.8 Å². The number of nitrogens with zero attached hydrogens (tertiary/aromatic N) is 1. The van der Waals surface area contributed by atoms with E-state index in [1.165, 1.54) is 0 Å². The van der Waals surface area contributed by atoms with Gasteiger partial charge in [0.1, 0.15) is 0 Å². The zero-order valence-electron chi connectivity index (χ0n) is 11.8. The fourth-order valence-corrected chi connectivity index (χ4v) is 2.29. The molecule has 0 spiro atoms. The first-order valence-electron chi connectivity index (χ1n) is 6.90. The average Bonchev–Trinajstić information content (AvgIpc) is 2.80. The highest BCUT2D eigenvalue weighted by molar-refractivity contribution is 5.96. The zero-order valence-corrected chi connectivity index (χ0v) is 11.8. The summed E-state index contributed by atoms with van der Waals surface area (Å²) in [7, 11) is 0. The molecule has 20 heavy (non-hydrogen) atoms. The molecule has 1 aliphatic rings. The maximum atomic E-state index is 12.1. The van der Waals surface area contributed by atoms with Crippen molar-refractivity contribution in [2.24, 2.45) is 5.92 Å². The summed E-state index contributed by atoms with van der Waals surface area (Å²) in [6, 6.07) is 4.81. The number of rotatable bonds is 4. The number of fused-ring (bicyclic) bond motifs is 1. The van der Waals surface area contributed by atoms with Gasteiger partial charge in [0.15, 0.2) is 0 Å². The van der Waals surface area contributed by atoms with Crippen molar-refractivity contribution in [2.75, 3.05) is 18.0 Å². The number of hydrogen-bond acceptors (Lipinski definition) is 2. The van der Waals surface area contributed by atoms with Crippen LogP contribution in [0.2, 0.25) is 0 Å². The van der Waals surface area contributed by atoms with Crippen LogP contribution in [0.1, 0.15) is 36.2 Å². The number of carboxylic acids is 1. The van der Waals surface area contributed by atoms with E-state index in [1.807, 2.05) is 0 Å². The second-order valence-corrected chi connectivity index (χ2v) is 5.46. The highest BCUT2D eigenvalue weighted by atomic mass is 16.4. The van der Waals surface area contributed by atoms with Crippen molar-refractivity contribution in [3.05, 3.63) is 29.3 Å². The number of carboxylic acid groups (broad SMARTS) is 1. The second kappa shape index (κ2) is 5.94. The van der Waals surface area contributed by atoms with E-state index in [2.05, 4.69) is 19.2 Å². The van der Waals surface area contributed by atoms with Crippen LogP contribution in [0.4, 0.5) is 10.5 Å². The zero-order chi connectivity index (χ0) is 14.7. The molecule has 108 valence electrons. The van der Waals surface area contributed by atoms with E-state index < -0.39 is 5.97 Å². The van der Waals surface area contributed by atoms with Crippen LogP contribution in [-0.4, -0.2) is 30.2 Å². The van der Waals surface area contributed by atoms with Crippen LogP contribution in [-0.2, 0) is 6.42 Å². The molecule has 0 radical (unpaired) electrons. The average molecular weight is 276 g/mol. The molecule has 2 N–H and O–H groups in total. The molecule has 1 heterocycles. The van der Waals surface area contributed by atoms with Crippen LogP contribution in [0.25, 0.3) is 0 Å². The van der Waals surface area contributed by atoms with Crippen LogP contribution in [0.5, 0.6) is 0 Å². The molecule has 5 heteroatoms. The Balaban J connectivity index is 2.08. The molecular weight excluding hydrogens is 256 g/mol. The standard InChI is InChI=1S/C15H20N2O3/c1-10(2)5-7-16-15(20)17-8-6-11-3-4-12(14(18)19)9-13(11)17/h3-4,9-10H,5-8H2,1-2H3,(H,16,20)(H,18,19). The Morgan fingerprint density at radius 2 is 2.15 bits per heavy atom. The molecule has 5 nitrogen and oxygen atoms in total.